The predicted molar refractivity (Wildman–Crippen MR) is 155 cm³/mol. The number of carbonyl (C=O) groups is 5. The van der Waals surface area contributed by atoms with Gasteiger partial charge in [0.1, 0.15) is 23.4 Å². The fourth-order valence-corrected chi connectivity index (χ4v) is 5.35. The molecule has 236 valence electrons. The van der Waals surface area contributed by atoms with Gasteiger partial charge in [0.15, 0.2) is 5.78 Å². The minimum Gasteiger partial charge on any atom is -0.497 e. The number of ketones is 1. The van der Waals surface area contributed by atoms with Crippen molar-refractivity contribution in [2.24, 2.45) is 5.92 Å². The molecule has 1 aromatic carbocycles. The number of epoxide rings is 1. The van der Waals surface area contributed by atoms with Crippen LogP contribution in [-0.4, -0.2) is 111 Å². The van der Waals surface area contributed by atoms with E-state index >= 15 is 0 Å². The predicted octanol–water partition coefficient (Wildman–Crippen LogP) is -0.683. The molecule has 0 bridgehead atoms. The third-order valence-corrected chi connectivity index (χ3v) is 8.21. The average Bonchev–Trinajstić information content (AvgIpc) is 3.68. The highest BCUT2D eigenvalue weighted by atomic mass is 16.6. The summed E-state index contributed by atoms with van der Waals surface area (Å²) >= 11 is 0. The molecule has 2 unspecified atom stereocenters. The van der Waals surface area contributed by atoms with Gasteiger partial charge in [-0.1, -0.05) is 12.1 Å². The number of likely N-dealkylation sites (tertiary alicyclic amines) is 1. The van der Waals surface area contributed by atoms with E-state index in [9.17, 15) is 24.0 Å². The first-order valence-corrected chi connectivity index (χ1v) is 14.8. The molecule has 43 heavy (non-hydrogen) atoms. The molecule has 4 amide bonds. The Labute approximate surface area is 251 Å². The Morgan fingerprint density at radius 2 is 1.81 bits per heavy atom. The van der Waals surface area contributed by atoms with E-state index in [2.05, 4.69) is 21.3 Å². The van der Waals surface area contributed by atoms with Gasteiger partial charge in [0.05, 0.1) is 38.9 Å². The van der Waals surface area contributed by atoms with Crippen LogP contribution in [0.4, 0.5) is 0 Å². The topological polar surface area (TPSA) is 168 Å². The quantitative estimate of drug-likeness (QED) is 0.202. The molecule has 0 saturated carbocycles. The Kier molecular flexibility index (Phi) is 10.7. The lowest BCUT2D eigenvalue weighted by Crippen LogP contribution is -2.57. The van der Waals surface area contributed by atoms with Crippen molar-refractivity contribution in [1.29, 1.82) is 0 Å². The molecule has 1 aromatic rings. The largest absolute Gasteiger partial charge is 0.497 e. The molecule has 3 aliphatic rings. The molecule has 13 nitrogen and oxygen atoms in total. The van der Waals surface area contributed by atoms with Gasteiger partial charge in [-0.25, -0.2) is 0 Å². The van der Waals surface area contributed by atoms with E-state index in [0.717, 1.165) is 12.1 Å². The smallest absolute Gasteiger partial charge is 0.243 e. The van der Waals surface area contributed by atoms with Crippen LogP contribution in [0.5, 0.6) is 5.75 Å². The minimum atomic E-state index is -1.07. The van der Waals surface area contributed by atoms with Gasteiger partial charge < -0.3 is 40.4 Å². The summed E-state index contributed by atoms with van der Waals surface area (Å²) in [5.74, 6) is -1.63. The van der Waals surface area contributed by atoms with Crippen LogP contribution in [0.1, 0.15) is 38.7 Å². The SMILES string of the molecule is COc1ccc(C[C@H](NC(=O)[C@H](C)NC(=O)CC2CNCCO2)C(=O)N[C@@H](CC2CCN(C)C2=O)C(=O)[C@@]2(C)CO2)cc1. The molecule has 13 heteroatoms. The standard InChI is InChI=1S/C30H43N5O8/c1-18(32-25(36)15-22-16-31-10-12-42-22)27(38)34-24(13-19-5-7-21(41-4)8-6-19)28(39)33-23(26(37)30(2)17-43-30)14-20-9-11-35(3)29(20)40/h5-8,18,20,22-24,31H,9-17H2,1-4H3,(H,32,36)(H,33,39)(H,34,38)/t18-,20?,22?,23-,24-,30+/m0/s1. The van der Waals surface area contributed by atoms with Crippen molar-refractivity contribution in [1.82, 2.24) is 26.2 Å². The number of nitrogens with zero attached hydrogens (tertiary/aromatic N) is 1. The second kappa shape index (κ2) is 14.3. The van der Waals surface area contributed by atoms with Gasteiger partial charge in [0.25, 0.3) is 0 Å². The van der Waals surface area contributed by atoms with Crippen molar-refractivity contribution < 1.29 is 38.2 Å². The van der Waals surface area contributed by atoms with Crippen LogP contribution < -0.4 is 26.0 Å². The Morgan fingerprint density at radius 3 is 2.40 bits per heavy atom. The summed E-state index contributed by atoms with van der Waals surface area (Å²) in [7, 11) is 3.26. The van der Waals surface area contributed by atoms with Crippen molar-refractivity contribution >= 4 is 29.4 Å². The second-order valence-electron chi connectivity index (χ2n) is 11.7. The van der Waals surface area contributed by atoms with E-state index in [1.165, 1.54) is 6.92 Å². The van der Waals surface area contributed by atoms with Gasteiger partial charge in [0.2, 0.25) is 23.6 Å². The maximum atomic E-state index is 13.7. The molecule has 4 rings (SSSR count). The zero-order valence-corrected chi connectivity index (χ0v) is 25.3. The summed E-state index contributed by atoms with van der Waals surface area (Å²) in [4.78, 5) is 67.1. The van der Waals surface area contributed by atoms with Crippen LogP contribution in [0, 0.1) is 5.92 Å². The van der Waals surface area contributed by atoms with Crippen LogP contribution in [0.25, 0.3) is 0 Å². The summed E-state index contributed by atoms with van der Waals surface area (Å²) in [6, 6.07) is 4.08. The molecule has 3 fully saturated rings. The third kappa shape index (κ3) is 8.74. The Morgan fingerprint density at radius 1 is 1.12 bits per heavy atom. The summed E-state index contributed by atoms with van der Waals surface area (Å²) in [6.45, 7) is 5.79. The van der Waals surface area contributed by atoms with Gasteiger partial charge >= 0.3 is 0 Å². The third-order valence-electron chi connectivity index (χ3n) is 8.21. The molecule has 6 atom stereocenters. The van der Waals surface area contributed by atoms with Crippen LogP contribution in [0.2, 0.25) is 0 Å². The molecule has 4 N–H and O–H groups in total. The molecule has 3 saturated heterocycles. The average molecular weight is 602 g/mol. The lowest BCUT2D eigenvalue weighted by atomic mass is 9.90. The number of carbonyl (C=O) groups excluding carboxylic acids is 5. The number of nitrogens with one attached hydrogen (secondary N) is 4. The number of amides is 4. The molecule has 3 aliphatic heterocycles. The van der Waals surface area contributed by atoms with Crippen LogP contribution in [-0.2, 0) is 39.9 Å². The molecule has 3 heterocycles. The zero-order chi connectivity index (χ0) is 31.1. The van der Waals surface area contributed by atoms with Crippen molar-refractivity contribution in [3.8, 4) is 5.75 Å². The summed E-state index contributed by atoms with van der Waals surface area (Å²) in [5.41, 5.74) is -0.274. The van der Waals surface area contributed by atoms with E-state index in [-0.39, 0.29) is 49.6 Å². The number of methoxy groups -OCH3 is 1. The fraction of sp³-hybridized carbons (Fsp3) is 0.633. The first-order chi connectivity index (χ1) is 20.5. The molecule has 0 aromatic heterocycles. The number of rotatable bonds is 14. The number of hydrogen-bond acceptors (Lipinski definition) is 9. The number of hydrogen-bond donors (Lipinski definition) is 4. The highest BCUT2D eigenvalue weighted by Gasteiger charge is 2.51. The van der Waals surface area contributed by atoms with Crippen molar-refractivity contribution in [2.45, 2.75) is 69.4 Å². The zero-order valence-electron chi connectivity index (χ0n) is 25.3. The van der Waals surface area contributed by atoms with E-state index in [1.54, 1.807) is 50.2 Å². The second-order valence-corrected chi connectivity index (χ2v) is 11.7. The Balaban J connectivity index is 1.46. The maximum Gasteiger partial charge on any atom is 0.243 e. The first kappa shape index (κ1) is 32.4. The Bertz CT molecular complexity index is 1180. The van der Waals surface area contributed by atoms with Crippen molar-refractivity contribution in [2.75, 3.05) is 47.0 Å². The monoisotopic (exact) mass is 601 g/mol. The Hall–Kier alpha value is -3.55. The van der Waals surface area contributed by atoms with Gasteiger partial charge in [-0.2, -0.15) is 0 Å². The normalized spacial score (nSPS) is 25.3. The van der Waals surface area contributed by atoms with E-state index in [1.807, 2.05) is 0 Å². The summed E-state index contributed by atoms with van der Waals surface area (Å²) < 4.78 is 16.2. The van der Waals surface area contributed by atoms with Gasteiger partial charge in [-0.15, -0.1) is 0 Å². The van der Waals surface area contributed by atoms with Crippen LogP contribution in [0.3, 0.4) is 0 Å². The number of ether oxygens (including phenoxy) is 3. The molecule has 0 spiro atoms. The molecule has 0 radical (unpaired) electrons. The van der Waals surface area contributed by atoms with E-state index < -0.39 is 41.5 Å². The first-order valence-electron chi connectivity index (χ1n) is 14.8. The van der Waals surface area contributed by atoms with E-state index in [4.69, 9.17) is 14.2 Å². The number of benzene rings is 1. The van der Waals surface area contributed by atoms with Gasteiger partial charge in [0, 0.05) is 39.0 Å². The molecular formula is C30H43N5O8. The van der Waals surface area contributed by atoms with Crippen molar-refractivity contribution in [3.05, 3.63) is 29.8 Å². The number of Topliss-reactive ketones (excluding diaryl/α,β-unsaturated/α-hetero) is 1. The highest BCUT2D eigenvalue weighted by Crippen LogP contribution is 2.31. The lowest BCUT2D eigenvalue weighted by molar-refractivity contribution is -0.135. The highest BCUT2D eigenvalue weighted by molar-refractivity contribution is 5.99. The maximum absolute atomic E-state index is 13.7. The van der Waals surface area contributed by atoms with Gasteiger partial charge in [-0.05, 0) is 44.4 Å². The number of morpholine rings is 1. The molecular weight excluding hydrogens is 558 g/mol. The van der Waals surface area contributed by atoms with Crippen LogP contribution in [0.15, 0.2) is 24.3 Å². The van der Waals surface area contributed by atoms with Gasteiger partial charge in [-0.3, -0.25) is 24.0 Å². The van der Waals surface area contributed by atoms with E-state index in [0.29, 0.717) is 31.9 Å². The van der Waals surface area contributed by atoms with Crippen LogP contribution >= 0.6 is 0 Å². The minimum absolute atomic E-state index is 0.0732. The fourth-order valence-electron chi connectivity index (χ4n) is 5.35. The molecule has 0 aliphatic carbocycles. The lowest BCUT2D eigenvalue weighted by Gasteiger charge is -2.27. The summed E-state index contributed by atoms with van der Waals surface area (Å²) in [5, 5.41) is 11.4. The summed E-state index contributed by atoms with van der Waals surface area (Å²) in [6.07, 6.45) is 0.651. The van der Waals surface area contributed by atoms with Crippen molar-refractivity contribution in [3.63, 3.8) is 0 Å².